The van der Waals surface area contributed by atoms with Crippen molar-refractivity contribution in [1.29, 1.82) is 0 Å². The van der Waals surface area contributed by atoms with Crippen molar-refractivity contribution in [3.8, 4) is 5.75 Å². The molecular formula is C19H22N2O4. The first-order valence-corrected chi connectivity index (χ1v) is 8.03. The van der Waals surface area contributed by atoms with E-state index in [9.17, 15) is 9.59 Å². The highest BCUT2D eigenvalue weighted by Gasteiger charge is 2.07. The van der Waals surface area contributed by atoms with E-state index in [-0.39, 0.29) is 12.0 Å². The summed E-state index contributed by atoms with van der Waals surface area (Å²) in [6, 6.07) is 14.2. The van der Waals surface area contributed by atoms with Gasteiger partial charge in [0.1, 0.15) is 5.75 Å². The van der Waals surface area contributed by atoms with E-state index in [1.165, 1.54) is 0 Å². The van der Waals surface area contributed by atoms with Gasteiger partial charge in [-0.3, -0.25) is 0 Å². The van der Waals surface area contributed by atoms with Crippen molar-refractivity contribution in [2.24, 2.45) is 0 Å². The molecule has 2 amide bonds. The van der Waals surface area contributed by atoms with Gasteiger partial charge < -0.3 is 20.1 Å². The largest absolute Gasteiger partial charge is 0.496 e. The van der Waals surface area contributed by atoms with Gasteiger partial charge in [0.15, 0.2) is 0 Å². The minimum Gasteiger partial charge on any atom is -0.496 e. The number of rotatable bonds is 7. The van der Waals surface area contributed by atoms with Gasteiger partial charge in [0.2, 0.25) is 0 Å². The lowest BCUT2D eigenvalue weighted by Crippen LogP contribution is -2.34. The molecule has 0 saturated carbocycles. The van der Waals surface area contributed by atoms with Crippen LogP contribution in [0.2, 0.25) is 0 Å². The molecule has 0 unspecified atom stereocenters. The third kappa shape index (κ3) is 5.53. The van der Waals surface area contributed by atoms with Crippen LogP contribution < -0.4 is 15.4 Å². The van der Waals surface area contributed by atoms with Crippen molar-refractivity contribution in [2.75, 3.05) is 13.7 Å². The summed E-state index contributed by atoms with van der Waals surface area (Å²) in [5.74, 6) is 0.383. The van der Waals surface area contributed by atoms with Crippen LogP contribution >= 0.6 is 0 Å². The topological polar surface area (TPSA) is 76.7 Å². The Morgan fingerprint density at radius 1 is 0.960 bits per heavy atom. The minimum absolute atomic E-state index is 0.277. The van der Waals surface area contributed by atoms with E-state index in [4.69, 9.17) is 9.47 Å². The number of methoxy groups -OCH3 is 1. The fourth-order valence-corrected chi connectivity index (χ4v) is 2.24. The Bertz CT molecular complexity index is 714. The number of carbonyl (C=O) groups is 2. The first kappa shape index (κ1) is 18.3. The van der Waals surface area contributed by atoms with Crippen molar-refractivity contribution < 1.29 is 19.1 Å². The number of para-hydroxylation sites is 1. The number of hydrogen-bond donors (Lipinski definition) is 2. The zero-order valence-corrected chi connectivity index (χ0v) is 14.4. The molecule has 132 valence electrons. The van der Waals surface area contributed by atoms with Crippen LogP contribution in [0.5, 0.6) is 5.75 Å². The highest BCUT2D eigenvalue weighted by Crippen LogP contribution is 2.16. The molecule has 6 nitrogen and oxygen atoms in total. The smallest absolute Gasteiger partial charge is 0.338 e. The molecule has 0 atom stereocenters. The molecule has 0 bridgehead atoms. The number of carbonyl (C=O) groups excluding carboxylic acids is 2. The van der Waals surface area contributed by atoms with Crippen LogP contribution in [-0.2, 0) is 17.8 Å². The van der Waals surface area contributed by atoms with Gasteiger partial charge in [0.25, 0.3) is 0 Å². The summed E-state index contributed by atoms with van der Waals surface area (Å²) in [4.78, 5) is 23.5. The molecule has 2 aromatic carbocycles. The number of hydrogen-bond acceptors (Lipinski definition) is 4. The molecule has 25 heavy (non-hydrogen) atoms. The van der Waals surface area contributed by atoms with Crippen LogP contribution in [0.1, 0.15) is 28.4 Å². The van der Waals surface area contributed by atoms with Gasteiger partial charge in [-0.1, -0.05) is 30.3 Å². The average Bonchev–Trinajstić information content (AvgIpc) is 2.65. The molecule has 0 fully saturated rings. The molecule has 0 aliphatic heterocycles. The quantitative estimate of drug-likeness (QED) is 0.759. The lowest BCUT2D eigenvalue weighted by atomic mass is 10.1. The van der Waals surface area contributed by atoms with Crippen molar-refractivity contribution in [2.45, 2.75) is 20.0 Å². The van der Waals surface area contributed by atoms with Crippen molar-refractivity contribution >= 4 is 12.0 Å². The third-order valence-corrected chi connectivity index (χ3v) is 3.55. The number of benzene rings is 2. The van der Waals surface area contributed by atoms with Gasteiger partial charge in [-0.15, -0.1) is 0 Å². The Balaban J connectivity index is 1.80. The van der Waals surface area contributed by atoms with Gasteiger partial charge in [0, 0.05) is 18.7 Å². The Morgan fingerprint density at radius 2 is 1.64 bits per heavy atom. The maximum atomic E-state index is 11.9. The number of ether oxygens (including phenoxy) is 2. The van der Waals surface area contributed by atoms with Crippen molar-refractivity contribution in [3.63, 3.8) is 0 Å². The van der Waals surface area contributed by atoms with Gasteiger partial charge in [0.05, 0.1) is 19.3 Å². The van der Waals surface area contributed by atoms with E-state index in [0.717, 1.165) is 16.9 Å². The zero-order valence-electron chi connectivity index (χ0n) is 14.4. The fraction of sp³-hybridized carbons (Fsp3) is 0.263. The van der Waals surface area contributed by atoms with E-state index in [1.54, 1.807) is 38.3 Å². The van der Waals surface area contributed by atoms with Crippen molar-refractivity contribution in [3.05, 3.63) is 65.2 Å². The van der Waals surface area contributed by atoms with Crippen LogP contribution in [-0.4, -0.2) is 25.7 Å². The number of nitrogens with one attached hydrogen (secondary N) is 2. The second kappa shape index (κ2) is 9.32. The van der Waals surface area contributed by atoms with Gasteiger partial charge >= 0.3 is 12.0 Å². The van der Waals surface area contributed by atoms with E-state index in [0.29, 0.717) is 25.3 Å². The SMILES string of the molecule is CCOC(=O)c1ccc(CNC(=O)NCc2ccccc2OC)cc1. The van der Waals surface area contributed by atoms with E-state index >= 15 is 0 Å². The molecule has 2 N–H and O–H groups in total. The van der Waals surface area contributed by atoms with E-state index in [2.05, 4.69) is 10.6 Å². The lowest BCUT2D eigenvalue weighted by Gasteiger charge is -2.11. The van der Waals surface area contributed by atoms with Crippen LogP contribution in [0.3, 0.4) is 0 Å². The Hall–Kier alpha value is -3.02. The van der Waals surface area contributed by atoms with E-state index in [1.807, 2.05) is 24.3 Å². The molecule has 2 aromatic rings. The Kier molecular flexibility index (Phi) is 6.83. The van der Waals surface area contributed by atoms with Crippen LogP contribution in [0.25, 0.3) is 0 Å². The number of urea groups is 1. The van der Waals surface area contributed by atoms with Gasteiger partial charge in [-0.2, -0.15) is 0 Å². The molecule has 0 aromatic heterocycles. The summed E-state index contributed by atoms with van der Waals surface area (Å²) in [6.07, 6.45) is 0. The van der Waals surface area contributed by atoms with Gasteiger partial charge in [-0.05, 0) is 30.7 Å². The van der Waals surface area contributed by atoms with Crippen molar-refractivity contribution in [1.82, 2.24) is 10.6 Å². The molecule has 0 saturated heterocycles. The molecule has 0 aliphatic rings. The highest BCUT2D eigenvalue weighted by molar-refractivity contribution is 5.89. The summed E-state index contributed by atoms with van der Waals surface area (Å²) in [7, 11) is 1.60. The molecule has 0 spiro atoms. The van der Waals surface area contributed by atoms with Crippen LogP contribution in [0.4, 0.5) is 4.79 Å². The maximum absolute atomic E-state index is 11.9. The fourth-order valence-electron chi connectivity index (χ4n) is 2.24. The molecule has 6 heteroatoms. The van der Waals surface area contributed by atoms with E-state index < -0.39 is 0 Å². The summed E-state index contributed by atoms with van der Waals surface area (Å²) in [5.41, 5.74) is 2.28. The monoisotopic (exact) mass is 342 g/mol. The predicted molar refractivity (Wildman–Crippen MR) is 94.5 cm³/mol. The summed E-state index contributed by atoms with van der Waals surface area (Å²) >= 11 is 0. The first-order valence-electron chi connectivity index (χ1n) is 8.03. The van der Waals surface area contributed by atoms with Crippen LogP contribution in [0.15, 0.2) is 48.5 Å². The minimum atomic E-state index is -0.350. The summed E-state index contributed by atoms with van der Waals surface area (Å²) in [6.45, 7) is 2.84. The summed E-state index contributed by atoms with van der Waals surface area (Å²) < 4.78 is 10.2. The number of esters is 1. The molecule has 0 radical (unpaired) electrons. The maximum Gasteiger partial charge on any atom is 0.338 e. The standard InChI is InChI=1S/C19H22N2O4/c1-3-25-18(22)15-10-8-14(9-11-15)12-20-19(23)21-13-16-6-4-5-7-17(16)24-2/h4-11H,3,12-13H2,1-2H3,(H2,20,21,23). The third-order valence-electron chi connectivity index (χ3n) is 3.55. The molecular weight excluding hydrogens is 320 g/mol. The normalized spacial score (nSPS) is 10.0. The zero-order chi connectivity index (χ0) is 18.1. The molecule has 0 heterocycles. The Morgan fingerprint density at radius 3 is 2.32 bits per heavy atom. The molecule has 2 rings (SSSR count). The highest BCUT2D eigenvalue weighted by atomic mass is 16.5. The Labute approximate surface area is 147 Å². The van der Waals surface area contributed by atoms with Crippen LogP contribution in [0, 0.1) is 0 Å². The average molecular weight is 342 g/mol. The number of amides is 2. The lowest BCUT2D eigenvalue weighted by molar-refractivity contribution is 0.0526. The second-order valence-corrected chi connectivity index (χ2v) is 5.27. The molecule has 0 aliphatic carbocycles. The second-order valence-electron chi connectivity index (χ2n) is 5.27. The van der Waals surface area contributed by atoms with Gasteiger partial charge in [-0.25, -0.2) is 9.59 Å². The first-order chi connectivity index (χ1) is 12.1. The predicted octanol–water partition coefficient (Wildman–Crippen LogP) is 2.87. The summed E-state index contributed by atoms with van der Waals surface area (Å²) in [5, 5.41) is 5.56.